The zero-order valence-corrected chi connectivity index (χ0v) is 9.99. The van der Waals surface area contributed by atoms with Crippen LogP contribution in [0.1, 0.15) is 26.2 Å². The summed E-state index contributed by atoms with van der Waals surface area (Å²) in [7, 11) is 0. The van der Waals surface area contributed by atoms with Gasteiger partial charge in [0, 0.05) is 12.7 Å². The molecule has 1 fully saturated rings. The van der Waals surface area contributed by atoms with Crippen molar-refractivity contribution in [1.82, 2.24) is 0 Å². The Labute approximate surface area is 101 Å². The number of carbonyl (C=O) groups excluding carboxylic acids is 4. The average Bonchev–Trinajstić information content (AvgIpc) is 2.45. The lowest BCUT2D eigenvalue weighted by atomic mass is 10.4. The minimum atomic E-state index is -1.90. The minimum Gasteiger partial charge on any atom is -0.288 e. The molecule has 0 aliphatic carbocycles. The summed E-state index contributed by atoms with van der Waals surface area (Å²) in [6, 6.07) is 0. The van der Waals surface area contributed by atoms with Crippen LogP contribution in [0.25, 0.3) is 0 Å². The second-order valence-corrected chi connectivity index (χ2v) is 4.69. The summed E-state index contributed by atoms with van der Waals surface area (Å²) in [5.74, 6) is -2.44. The molecule has 1 saturated heterocycles. The van der Waals surface area contributed by atoms with E-state index in [-0.39, 0.29) is 30.1 Å². The summed E-state index contributed by atoms with van der Waals surface area (Å²) in [5.41, 5.74) is 0. The van der Waals surface area contributed by atoms with Crippen molar-refractivity contribution in [2.75, 3.05) is 5.75 Å². The first-order valence-electron chi connectivity index (χ1n) is 4.90. The van der Waals surface area contributed by atoms with E-state index in [1.54, 1.807) is 0 Å². The van der Waals surface area contributed by atoms with Crippen molar-refractivity contribution in [2.24, 2.45) is 0 Å². The molecule has 2 amide bonds. The van der Waals surface area contributed by atoms with Crippen LogP contribution in [0, 0.1) is 0 Å². The SMILES string of the molecule is CC(=O)SCCC(=O)O[N+]1(O)C(=O)CCC1=O. The number of imide groups is 1. The second-order valence-electron chi connectivity index (χ2n) is 3.42. The van der Waals surface area contributed by atoms with E-state index in [1.165, 1.54) is 6.92 Å². The quantitative estimate of drug-likeness (QED) is 0.438. The number of nitrogens with zero attached hydrogens (tertiary/aromatic N) is 1. The first-order valence-corrected chi connectivity index (χ1v) is 5.89. The summed E-state index contributed by atoms with van der Waals surface area (Å²) in [6.07, 6.45) is -0.457. The molecule has 1 rings (SSSR count). The molecular weight excluding hydrogens is 250 g/mol. The molecule has 0 bridgehead atoms. The van der Waals surface area contributed by atoms with Gasteiger partial charge in [-0.1, -0.05) is 11.8 Å². The van der Waals surface area contributed by atoms with Crippen molar-refractivity contribution in [3.8, 4) is 0 Å². The highest BCUT2D eigenvalue weighted by molar-refractivity contribution is 8.13. The second kappa shape index (κ2) is 5.39. The summed E-state index contributed by atoms with van der Waals surface area (Å²) >= 11 is 0.920. The van der Waals surface area contributed by atoms with Crippen molar-refractivity contribution in [1.29, 1.82) is 0 Å². The maximum atomic E-state index is 11.2. The summed E-state index contributed by atoms with van der Waals surface area (Å²) in [5, 5.41) is 9.38. The molecule has 0 radical (unpaired) electrons. The number of amides is 2. The maximum absolute atomic E-state index is 11.2. The van der Waals surface area contributed by atoms with E-state index < -0.39 is 22.6 Å². The highest BCUT2D eigenvalue weighted by Gasteiger charge is 2.55. The normalized spacial score (nSPS) is 18.2. The lowest BCUT2D eigenvalue weighted by Crippen LogP contribution is -2.50. The molecule has 0 atom stereocenters. The molecule has 1 aliphatic rings. The average molecular weight is 262 g/mol. The Morgan fingerprint density at radius 2 is 1.88 bits per heavy atom. The van der Waals surface area contributed by atoms with Crippen LogP contribution in [0.15, 0.2) is 0 Å². The summed E-state index contributed by atoms with van der Waals surface area (Å²) in [4.78, 5) is 46.8. The van der Waals surface area contributed by atoms with Gasteiger partial charge in [-0.05, 0) is 0 Å². The number of hydrogen-bond acceptors (Lipinski definition) is 7. The first kappa shape index (κ1) is 13.8. The third kappa shape index (κ3) is 3.35. The third-order valence-corrected chi connectivity index (χ3v) is 2.89. The molecule has 0 aromatic carbocycles. The molecule has 0 aromatic heterocycles. The molecule has 0 aromatic rings. The Kier molecular flexibility index (Phi) is 4.38. The van der Waals surface area contributed by atoms with Gasteiger partial charge in [0.05, 0.1) is 19.3 Å². The molecular formula is C9H12NO6S+. The monoisotopic (exact) mass is 262 g/mol. The predicted molar refractivity (Wildman–Crippen MR) is 55.1 cm³/mol. The van der Waals surface area contributed by atoms with Crippen molar-refractivity contribution in [3.05, 3.63) is 0 Å². The van der Waals surface area contributed by atoms with Gasteiger partial charge in [0.25, 0.3) is 0 Å². The summed E-state index contributed by atoms with van der Waals surface area (Å²) in [6.45, 7) is 1.35. The fraction of sp³-hybridized carbons (Fsp3) is 0.556. The first-order chi connectivity index (χ1) is 7.86. The maximum Gasteiger partial charge on any atom is 0.397 e. The van der Waals surface area contributed by atoms with Crippen LogP contribution in [-0.4, -0.2) is 38.7 Å². The van der Waals surface area contributed by atoms with Crippen LogP contribution in [-0.2, 0) is 24.0 Å². The number of thioether (sulfide) groups is 1. The Bertz CT molecular complexity index is 364. The van der Waals surface area contributed by atoms with Crippen LogP contribution >= 0.6 is 11.8 Å². The van der Waals surface area contributed by atoms with Crippen LogP contribution in [0.2, 0.25) is 0 Å². The van der Waals surface area contributed by atoms with E-state index in [2.05, 4.69) is 4.84 Å². The van der Waals surface area contributed by atoms with Crippen LogP contribution in [0.3, 0.4) is 0 Å². The Morgan fingerprint density at radius 1 is 1.35 bits per heavy atom. The van der Waals surface area contributed by atoms with Gasteiger partial charge in [0.2, 0.25) is 0 Å². The van der Waals surface area contributed by atoms with E-state index in [9.17, 15) is 24.4 Å². The molecule has 0 saturated carbocycles. The lowest BCUT2D eigenvalue weighted by Gasteiger charge is -2.15. The molecule has 0 unspecified atom stereocenters. The fourth-order valence-electron chi connectivity index (χ4n) is 1.23. The molecule has 1 heterocycles. The van der Waals surface area contributed by atoms with Gasteiger partial charge in [-0.25, -0.2) is 19.2 Å². The van der Waals surface area contributed by atoms with Gasteiger partial charge in [-0.3, -0.25) is 4.79 Å². The predicted octanol–water partition coefficient (Wildman–Crippen LogP) is 0.167. The smallest absolute Gasteiger partial charge is 0.288 e. The highest BCUT2D eigenvalue weighted by Crippen LogP contribution is 2.21. The van der Waals surface area contributed by atoms with E-state index >= 15 is 0 Å². The molecule has 17 heavy (non-hydrogen) atoms. The van der Waals surface area contributed by atoms with E-state index in [4.69, 9.17) is 0 Å². The van der Waals surface area contributed by atoms with E-state index in [1.807, 2.05) is 0 Å². The van der Waals surface area contributed by atoms with Crippen LogP contribution in [0.5, 0.6) is 0 Å². The van der Waals surface area contributed by atoms with Gasteiger partial charge in [0.15, 0.2) is 5.12 Å². The Hall–Kier alpha value is -1.25. The van der Waals surface area contributed by atoms with Gasteiger partial charge >= 0.3 is 17.8 Å². The Balaban J connectivity index is 2.47. The molecule has 1 aliphatic heterocycles. The number of rotatable bonds is 4. The molecule has 94 valence electrons. The molecule has 8 heteroatoms. The third-order valence-electron chi connectivity index (χ3n) is 2.07. The van der Waals surface area contributed by atoms with Crippen LogP contribution < -0.4 is 0 Å². The number of carbonyl (C=O) groups is 4. The topological polar surface area (TPSA) is 97.7 Å². The zero-order valence-electron chi connectivity index (χ0n) is 9.17. The van der Waals surface area contributed by atoms with Gasteiger partial charge < -0.3 is 0 Å². The van der Waals surface area contributed by atoms with E-state index in [0.717, 1.165) is 11.8 Å². The zero-order chi connectivity index (χ0) is 13.1. The number of quaternary nitrogens is 1. The van der Waals surface area contributed by atoms with Gasteiger partial charge in [-0.2, -0.15) is 5.21 Å². The Morgan fingerprint density at radius 3 is 2.35 bits per heavy atom. The molecule has 1 N–H and O–H groups in total. The van der Waals surface area contributed by atoms with Crippen molar-refractivity contribution in [3.63, 3.8) is 0 Å². The van der Waals surface area contributed by atoms with Crippen molar-refractivity contribution >= 4 is 34.7 Å². The van der Waals surface area contributed by atoms with Crippen LogP contribution in [0.4, 0.5) is 0 Å². The molecule has 0 spiro atoms. The minimum absolute atomic E-state index is 0.148. The fourth-order valence-corrected chi connectivity index (χ4v) is 1.79. The highest BCUT2D eigenvalue weighted by atomic mass is 32.2. The van der Waals surface area contributed by atoms with E-state index in [0.29, 0.717) is 0 Å². The number of hydrogen-bond donors (Lipinski definition) is 1. The van der Waals surface area contributed by atoms with Gasteiger partial charge in [-0.15, -0.1) is 0 Å². The lowest BCUT2D eigenvalue weighted by molar-refractivity contribution is -1.12. The standard InChI is InChI=1S/C9H12NO6S/c1-6(11)17-5-4-9(14)16-10(15)7(12)2-3-8(10)13/h15H,2-5H2,1H3/q+1. The summed E-state index contributed by atoms with van der Waals surface area (Å²) < 4.78 is 0. The van der Waals surface area contributed by atoms with Gasteiger partial charge in [0.1, 0.15) is 4.81 Å². The number of hydroxylamine groups is 4. The van der Waals surface area contributed by atoms with Crippen molar-refractivity contribution < 1.29 is 34.0 Å². The largest absolute Gasteiger partial charge is 0.397 e. The molecule has 7 nitrogen and oxygen atoms in total. The van der Waals surface area contributed by atoms with Crippen molar-refractivity contribution in [2.45, 2.75) is 26.2 Å².